The van der Waals surface area contributed by atoms with Crippen LogP contribution in [-0.2, 0) is 5.41 Å². The van der Waals surface area contributed by atoms with Gasteiger partial charge in [0, 0.05) is 16.8 Å². The van der Waals surface area contributed by atoms with Crippen LogP contribution in [0.5, 0.6) is 0 Å². The van der Waals surface area contributed by atoms with Gasteiger partial charge in [-0.25, -0.2) is 0 Å². The number of benzene rings is 2. The quantitative estimate of drug-likeness (QED) is 0.763. The summed E-state index contributed by atoms with van der Waals surface area (Å²) in [5.41, 5.74) is 21.5. The molecule has 0 heterocycles. The summed E-state index contributed by atoms with van der Waals surface area (Å²) in [7, 11) is 0. The zero-order valence-electron chi connectivity index (χ0n) is 15.4. The van der Waals surface area contributed by atoms with E-state index in [0.29, 0.717) is 0 Å². The lowest BCUT2D eigenvalue weighted by Gasteiger charge is -2.35. The van der Waals surface area contributed by atoms with Crippen molar-refractivity contribution in [3.05, 3.63) is 57.6 Å². The highest BCUT2D eigenvalue weighted by Crippen LogP contribution is 2.42. The highest BCUT2D eigenvalue weighted by Gasteiger charge is 2.32. The highest BCUT2D eigenvalue weighted by molar-refractivity contribution is 5.60. The van der Waals surface area contributed by atoms with Crippen molar-refractivity contribution in [2.75, 3.05) is 11.5 Å². The van der Waals surface area contributed by atoms with E-state index in [9.17, 15) is 0 Å². The number of aryl methyl sites for hydroxylation is 4. The third-order valence-corrected chi connectivity index (χ3v) is 5.50. The van der Waals surface area contributed by atoms with Crippen molar-refractivity contribution in [3.63, 3.8) is 0 Å². The van der Waals surface area contributed by atoms with E-state index < -0.39 is 0 Å². The summed E-state index contributed by atoms with van der Waals surface area (Å²) in [5, 5.41) is 0. The number of hydrogen-bond donors (Lipinski definition) is 2. The standard InChI is InChI=1S/C21H30N2/c1-7-21(8-2,17-9-13(3)19(22)14(4)10-17)18-11-15(5)20(23)16(6)12-18/h9-12H,7-8,22-23H2,1-6H3. The minimum absolute atomic E-state index is 0.00639. The topological polar surface area (TPSA) is 52.0 Å². The number of anilines is 2. The minimum atomic E-state index is 0.00639. The summed E-state index contributed by atoms with van der Waals surface area (Å²) >= 11 is 0. The molecule has 0 unspecified atom stereocenters. The maximum absolute atomic E-state index is 6.17. The molecule has 2 heteroatoms. The summed E-state index contributed by atoms with van der Waals surface area (Å²) < 4.78 is 0. The van der Waals surface area contributed by atoms with Gasteiger partial charge in [-0.1, -0.05) is 38.1 Å². The smallest absolute Gasteiger partial charge is 0.0373 e. The first-order valence-corrected chi connectivity index (χ1v) is 8.51. The molecule has 0 aromatic heterocycles. The Bertz CT molecular complexity index is 619. The molecule has 0 bridgehead atoms. The SMILES string of the molecule is CCC(CC)(c1cc(C)c(N)c(C)c1)c1cc(C)c(N)c(C)c1. The van der Waals surface area contributed by atoms with E-state index in [2.05, 4.69) is 65.8 Å². The van der Waals surface area contributed by atoms with Gasteiger partial charge < -0.3 is 11.5 Å². The lowest BCUT2D eigenvalue weighted by Crippen LogP contribution is -2.27. The maximum Gasteiger partial charge on any atom is 0.0373 e. The molecule has 0 fully saturated rings. The predicted molar refractivity (Wildman–Crippen MR) is 102 cm³/mol. The Labute approximate surface area is 140 Å². The molecule has 124 valence electrons. The van der Waals surface area contributed by atoms with Gasteiger partial charge in [-0.3, -0.25) is 0 Å². The van der Waals surface area contributed by atoms with Gasteiger partial charge in [0.15, 0.2) is 0 Å². The summed E-state index contributed by atoms with van der Waals surface area (Å²) in [6.07, 6.45) is 2.10. The van der Waals surface area contributed by atoms with Crippen LogP contribution < -0.4 is 11.5 Å². The largest absolute Gasteiger partial charge is 0.398 e. The van der Waals surface area contributed by atoms with Crippen molar-refractivity contribution >= 4 is 11.4 Å². The normalized spacial score (nSPS) is 11.7. The fraction of sp³-hybridized carbons (Fsp3) is 0.429. The van der Waals surface area contributed by atoms with E-state index in [4.69, 9.17) is 11.5 Å². The Kier molecular flexibility index (Phi) is 4.74. The number of hydrogen-bond acceptors (Lipinski definition) is 2. The average Bonchev–Trinajstić information content (AvgIpc) is 2.51. The lowest BCUT2D eigenvalue weighted by molar-refractivity contribution is 0.477. The Morgan fingerprint density at radius 3 is 1.13 bits per heavy atom. The first-order chi connectivity index (χ1) is 10.8. The summed E-state index contributed by atoms with van der Waals surface area (Å²) in [6, 6.07) is 9.04. The van der Waals surface area contributed by atoms with Crippen LogP contribution >= 0.6 is 0 Å². The molecule has 0 aliphatic rings. The first-order valence-electron chi connectivity index (χ1n) is 8.51. The molecule has 0 spiro atoms. The molecule has 0 saturated heterocycles. The first kappa shape index (κ1) is 17.4. The van der Waals surface area contributed by atoms with Crippen LogP contribution in [0.25, 0.3) is 0 Å². The van der Waals surface area contributed by atoms with E-state index in [1.807, 2.05) is 0 Å². The van der Waals surface area contributed by atoms with E-state index >= 15 is 0 Å². The lowest BCUT2D eigenvalue weighted by atomic mass is 9.69. The van der Waals surface area contributed by atoms with Gasteiger partial charge in [-0.15, -0.1) is 0 Å². The fourth-order valence-electron chi connectivity index (χ4n) is 3.74. The third-order valence-electron chi connectivity index (χ3n) is 5.50. The molecule has 0 amide bonds. The van der Waals surface area contributed by atoms with E-state index in [1.54, 1.807) is 0 Å². The van der Waals surface area contributed by atoms with Crippen molar-refractivity contribution < 1.29 is 0 Å². The van der Waals surface area contributed by atoms with Crippen molar-refractivity contribution in [2.45, 2.75) is 59.8 Å². The highest BCUT2D eigenvalue weighted by atomic mass is 14.6. The molecule has 4 N–H and O–H groups in total. The molecule has 0 aliphatic carbocycles. The number of nitrogens with two attached hydrogens (primary N) is 2. The van der Waals surface area contributed by atoms with Crippen molar-refractivity contribution in [3.8, 4) is 0 Å². The number of nitrogen functional groups attached to an aromatic ring is 2. The Morgan fingerprint density at radius 1 is 0.652 bits per heavy atom. The molecule has 23 heavy (non-hydrogen) atoms. The molecule has 2 rings (SSSR count). The molecule has 0 aliphatic heterocycles. The molecule has 0 saturated carbocycles. The van der Waals surface area contributed by atoms with Gasteiger partial charge in [0.1, 0.15) is 0 Å². The number of rotatable bonds is 4. The van der Waals surface area contributed by atoms with Crippen LogP contribution in [0.1, 0.15) is 60.1 Å². The van der Waals surface area contributed by atoms with Crippen molar-refractivity contribution in [1.29, 1.82) is 0 Å². The van der Waals surface area contributed by atoms with E-state index in [1.165, 1.54) is 11.1 Å². The maximum atomic E-state index is 6.17. The van der Waals surface area contributed by atoms with Crippen LogP contribution in [0.3, 0.4) is 0 Å². The summed E-state index contributed by atoms with van der Waals surface area (Å²) in [6.45, 7) is 12.9. The zero-order chi connectivity index (χ0) is 17.4. The van der Waals surface area contributed by atoms with Gasteiger partial charge in [-0.05, 0) is 73.9 Å². The molecule has 2 aromatic rings. The molecular formula is C21H30N2. The minimum Gasteiger partial charge on any atom is -0.398 e. The Hall–Kier alpha value is -1.96. The second-order valence-corrected chi connectivity index (χ2v) is 6.84. The van der Waals surface area contributed by atoms with Crippen LogP contribution in [0.2, 0.25) is 0 Å². The van der Waals surface area contributed by atoms with Crippen LogP contribution in [0, 0.1) is 27.7 Å². The summed E-state index contributed by atoms with van der Waals surface area (Å²) in [5.74, 6) is 0. The van der Waals surface area contributed by atoms with E-state index in [0.717, 1.165) is 46.5 Å². The van der Waals surface area contributed by atoms with Crippen LogP contribution in [0.15, 0.2) is 24.3 Å². The Morgan fingerprint density at radius 2 is 0.913 bits per heavy atom. The van der Waals surface area contributed by atoms with Gasteiger partial charge in [0.25, 0.3) is 0 Å². The monoisotopic (exact) mass is 310 g/mol. The molecule has 0 atom stereocenters. The van der Waals surface area contributed by atoms with Gasteiger partial charge in [-0.2, -0.15) is 0 Å². The van der Waals surface area contributed by atoms with Gasteiger partial charge in [0.05, 0.1) is 0 Å². The molecule has 2 aromatic carbocycles. The third kappa shape index (κ3) is 2.83. The van der Waals surface area contributed by atoms with Gasteiger partial charge in [0.2, 0.25) is 0 Å². The molecular weight excluding hydrogens is 280 g/mol. The van der Waals surface area contributed by atoms with Gasteiger partial charge >= 0.3 is 0 Å². The average molecular weight is 310 g/mol. The second-order valence-electron chi connectivity index (χ2n) is 6.84. The van der Waals surface area contributed by atoms with Crippen LogP contribution in [-0.4, -0.2) is 0 Å². The second kappa shape index (κ2) is 6.27. The fourth-order valence-corrected chi connectivity index (χ4v) is 3.74. The Balaban J connectivity index is 2.74. The predicted octanol–water partition coefficient (Wildman–Crippen LogP) is 5.19. The van der Waals surface area contributed by atoms with Crippen molar-refractivity contribution in [1.82, 2.24) is 0 Å². The zero-order valence-corrected chi connectivity index (χ0v) is 15.4. The van der Waals surface area contributed by atoms with E-state index in [-0.39, 0.29) is 5.41 Å². The summed E-state index contributed by atoms with van der Waals surface area (Å²) in [4.78, 5) is 0. The molecule has 0 radical (unpaired) electrons. The van der Waals surface area contributed by atoms with Crippen molar-refractivity contribution in [2.24, 2.45) is 0 Å². The molecule has 2 nitrogen and oxygen atoms in total. The van der Waals surface area contributed by atoms with Crippen LogP contribution in [0.4, 0.5) is 11.4 Å².